The van der Waals surface area contributed by atoms with Gasteiger partial charge in [0.25, 0.3) is 0 Å². The molecule has 3 N–H and O–H groups in total. The molecular weight excluding hydrogens is 242 g/mol. The quantitative estimate of drug-likeness (QED) is 0.626. The van der Waals surface area contributed by atoms with E-state index in [-0.39, 0.29) is 6.04 Å². The molecule has 2 heterocycles. The van der Waals surface area contributed by atoms with Crippen molar-refractivity contribution in [2.24, 2.45) is 17.7 Å². The van der Waals surface area contributed by atoms with Crippen molar-refractivity contribution < 1.29 is 9.47 Å². The molecule has 1 aromatic heterocycles. The molecule has 2 rings (SSSR count). The highest BCUT2D eigenvalue weighted by Crippen LogP contribution is 2.33. The number of pyridine rings is 1. The number of rotatable bonds is 5. The number of nitrogens with one attached hydrogen (secondary N) is 1. The Kier molecular flexibility index (Phi) is 5.13. The van der Waals surface area contributed by atoms with E-state index in [9.17, 15) is 0 Å². The number of aromatic nitrogens is 1. The molecule has 19 heavy (non-hydrogen) atoms. The monoisotopic (exact) mass is 265 g/mol. The van der Waals surface area contributed by atoms with Gasteiger partial charge in [0.2, 0.25) is 0 Å². The fraction of sp³-hybridized carbons (Fsp3) is 0.643. The Morgan fingerprint density at radius 2 is 2.42 bits per heavy atom. The molecule has 1 saturated heterocycles. The Bertz CT molecular complexity index is 400. The number of nitrogens with zero attached hydrogens (tertiary/aromatic N) is 1. The van der Waals surface area contributed by atoms with Gasteiger partial charge in [-0.25, -0.2) is 0 Å². The number of hydrogen-bond acceptors (Lipinski definition) is 5. The average Bonchev–Trinajstić information content (AvgIpc) is 2.43. The maximum atomic E-state index is 5.76. The summed E-state index contributed by atoms with van der Waals surface area (Å²) >= 11 is 0. The van der Waals surface area contributed by atoms with E-state index in [4.69, 9.17) is 15.3 Å². The normalized spacial score (nSPS) is 25.0. The van der Waals surface area contributed by atoms with Crippen LogP contribution in [0.2, 0.25) is 0 Å². The molecule has 1 aliphatic rings. The molecule has 0 aliphatic carbocycles. The summed E-state index contributed by atoms with van der Waals surface area (Å²) in [6, 6.07) is 2.11. The van der Waals surface area contributed by atoms with E-state index in [1.165, 1.54) is 0 Å². The molecule has 0 bridgehead atoms. The fourth-order valence-electron chi connectivity index (χ4n) is 2.71. The second-order valence-corrected chi connectivity index (χ2v) is 5.04. The van der Waals surface area contributed by atoms with Gasteiger partial charge in [0.1, 0.15) is 5.75 Å². The summed E-state index contributed by atoms with van der Waals surface area (Å²) in [7, 11) is 0. The summed E-state index contributed by atoms with van der Waals surface area (Å²) in [5, 5.41) is 0. The van der Waals surface area contributed by atoms with Crippen molar-refractivity contribution in [3.05, 3.63) is 24.0 Å². The molecule has 0 radical (unpaired) electrons. The molecule has 0 aromatic carbocycles. The lowest BCUT2D eigenvalue weighted by Gasteiger charge is -2.35. The third-order valence-corrected chi connectivity index (χ3v) is 3.72. The molecule has 3 atom stereocenters. The van der Waals surface area contributed by atoms with Crippen LogP contribution in [-0.4, -0.2) is 24.8 Å². The van der Waals surface area contributed by atoms with Crippen molar-refractivity contribution in [1.29, 1.82) is 0 Å². The molecule has 1 aliphatic heterocycles. The lowest BCUT2D eigenvalue weighted by atomic mass is 9.81. The van der Waals surface area contributed by atoms with Crippen LogP contribution in [0.1, 0.15) is 31.9 Å². The number of nitrogens with two attached hydrogens (primary N) is 1. The van der Waals surface area contributed by atoms with Gasteiger partial charge in [-0.2, -0.15) is 0 Å². The van der Waals surface area contributed by atoms with Crippen LogP contribution in [0.4, 0.5) is 0 Å². The van der Waals surface area contributed by atoms with Crippen LogP contribution >= 0.6 is 0 Å². The first kappa shape index (κ1) is 14.2. The Balaban J connectivity index is 2.18. The number of ether oxygens (including phenoxy) is 2. The summed E-state index contributed by atoms with van der Waals surface area (Å²) < 4.78 is 11.0. The maximum Gasteiger partial charge on any atom is 0.137 e. The van der Waals surface area contributed by atoms with Crippen molar-refractivity contribution in [3.63, 3.8) is 0 Å². The highest BCUT2D eigenvalue weighted by atomic mass is 16.5. The minimum Gasteiger partial charge on any atom is -0.492 e. The first-order valence-corrected chi connectivity index (χ1v) is 6.87. The Hall–Kier alpha value is -1.17. The van der Waals surface area contributed by atoms with Gasteiger partial charge >= 0.3 is 0 Å². The minimum absolute atomic E-state index is 0.0896. The largest absolute Gasteiger partial charge is 0.492 e. The lowest BCUT2D eigenvalue weighted by Crippen LogP contribution is -2.40. The van der Waals surface area contributed by atoms with Crippen LogP contribution in [0, 0.1) is 11.8 Å². The van der Waals surface area contributed by atoms with E-state index < -0.39 is 0 Å². The van der Waals surface area contributed by atoms with Crippen molar-refractivity contribution in [3.8, 4) is 5.75 Å². The molecule has 0 spiro atoms. The Labute approximate surface area is 114 Å². The van der Waals surface area contributed by atoms with Gasteiger partial charge < -0.3 is 9.47 Å². The number of hydrogen-bond donors (Lipinski definition) is 2. The molecule has 0 saturated carbocycles. The summed E-state index contributed by atoms with van der Waals surface area (Å²) in [5.74, 6) is 7.49. The van der Waals surface area contributed by atoms with E-state index in [2.05, 4.69) is 17.3 Å². The lowest BCUT2D eigenvalue weighted by molar-refractivity contribution is 0.0105. The van der Waals surface area contributed by atoms with E-state index in [1.807, 2.05) is 19.2 Å². The van der Waals surface area contributed by atoms with Crippen LogP contribution in [0.5, 0.6) is 5.75 Å². The van der Waals surface area contributed by atoms with Crippen LogP contribution in [0.15, 0.2) is 18.5 Å². The maximum absolute atomic E-state index is 5.76. The van der Waals surface area contributed by atoms with E-state index >= 15 is 0 Å². The van der Waals surface area contributed by atoms with Gasteiger partial charge in [-0.05, 0) is 36.8 Å². The average molecular weight is 265 g/mol. The van der Waals surface area contributed by atoms with E-state index in [0.29, 0.717) is 18.4 Å². The van der Waals surface area contributed by atoms with E-state index in [1.54, 1.807) is 6.20 Å². The van der Waals surface area contributed by atoms with Gasteiger partial charge in [-0.3, -0.25) is 16.3 Å². The van der Waals surface area contributed by atoms with Gasteiger partial charge in [0.05, 0.1) is 18.8 Å². The summed E-state index contributed by atoms with van der Waals surface area (Å²) in [5.41, 5.74) is 4.01. The molecule has 106 valence electrons. The highest BCUT2D eigenvalue weighted by Gasteiger charge is 2.30. The molecule has 1 fully saturated rings. The fourth-order valence-corrected chi connectivity index (χ4v) is 2.71. The summed E-state index contributed by atoms with van der Waals surface area (Å²) in [6.07, 6.45) is 4.60. The van der Waals surface area contributed by atoms with Crippen molar-refractivity contribution in [1.82, 2.24) is 10.4 Å². The number of hydrazine groups is 1. The molecule has 5 heteroatoms. The molecule has 5 nitrogen and oxygen atoms in total. The first-order chi connectivity index (χ1) is 9.26. The second kappa shape index (κ2) is 6.84. The zero-order valence-electron chi connectivity index (χ0n) is 11.6. The Morgan fingerprint density at radius 3 is 3.11 bits per heavy atom. The molecule has 1 aromatic rings. The van der Waals surface area contributed by atoms with E-state index in [0.717, 1.165) is 30.9 Å². The van der Waals surface area contributed by atoms with Crippen LogP contribution < -0.4 is 16.0 Å². The predicted molar refractivity (Wildman–Crippen MR) is 73.6 cm³/mol. The van der Waals surface area contributed by atoms with Crippen LogP contribution in [-0.2, 0) is 4.74 Å². The van der Waals surface area contributed by atoms with Crippen molar-refractivity contribution >= 4 is 0 Å². The topological polar surface area (TPSA) is 69.4 Å². The minimum atomic E-state index is 0.0896. The molecule has 0 amide bonds. The summed E-state index contributed by atoms with van der Waals surface area (Å²) in [6.45, 7) is 6.40. The highest BCUT2D eigenvalue weighted by molar-refractivity contribution is 5.26. The Morgan fingerprint density at radius 1 is 1.58 bits per heavy atom. The first-order valence-electron chi connectivity index (χ1n) is 6.87. The van der Waals surface area contributed by atoms with Gasteiger partial charge in [-0.1, -0.05) is 6.92 Å². The summed E-state index contributed by atoms with van der Waals surface area (Å²) in [4.78, 5) is 4.24. The zero-order valence-corrected chi connectivity index (χ0v) is 11.6. The van der Waals surface area contributed by atoms with Gasteiger partial charge in [0, 0.05) is 19.4 Å². The molecular formula is C14H23N3O2. The smallest absolute Gasteiger partial charge is 0.137 e. The van der Waals surface area contributed by atoms with Crippen molar-refractivity contribution in [2.75, 3.05) is 19.8 Å². The van der Waals surface area contributed by atoms with Crippen LogP contribution in [0.3, 0.4) is 0 Å². The van der Waals surface area contributed by atoms with Crippen molar-refractivity contribution in [2.45, 2.75) is 26.3 Å². The van der Waals surface area contributed by atoms with Gasteiger partial charge in [0.15, 0.2) is 0 Å². The second-order valence-electron chi connectivity index (χ2n) is 5.04. The zero-order chi connectivity index (χ0) is 13.7. The predicted octanol–water partition coefficient (Wildman–Crippen LogP) is 1.66. The van der Waals surface area contributed by atoms with Crippen LogP contribution in [0.25, 0.3) is 0 Å². The molecule has 3 unspecified atom stereocenters. The SMILES string of the molecule is CCOc1cncc(C(NN)C2CCOCC2C)c1. The third kappa shape index (κ3) is 3.43. The third-order valence-electron chi connectivity index (χ3n) is 3.72. The van der Waals surface area contributed by atoms with Gasteiger partial charge in [-0.15, -0.1) is 0 Å². The standard InChI is InChI=1S/C14H23N3O2/c1-3-19-12-6-11(7-16-8-12)14(17-15)13-4-5-18-9-10(13)2/h6-8,10,13-14,17H,3-5,9,15H2,1-2H3.